The van der Waals surface area contributed by atoms with Gasteiger partial charge in [-0.2, -0.15) is 5.10 Å². The normalized spacial score (nSPS) is 10.5. The Hall–Kier alpha value is -3.28. The Morgan fingerprint density at radius 2 is 1.96 bits per heavy atom. The Bertz CT molecular complexity index is 906. The molecule has 0 aliphatic carbocycles. The van der Waals surface area contributed by atoms with Crippen LogP contribution in [0.25, 0.3) is 11.3 Å². The first-order chi connectivity index (χ1) is 13.7. The number of hydrogen-bond donors (Lipinski definition) is 2. The molecule has 0 atom stereocenters. The van der Waals surface area contributed by atoms with Crippen LogP contribution in [0.5, 0.6) is 11.5 Å². The molecule has 0 unspecified atom stereocenters. The third-order valence-electron chi connectivity index (χ3n) is 4.38. The Morgan fingerprint density at radius 3 is 2.71 bits per heavy atom. The number of H-pyrrole nitrogens is 1. The first-order valence-electron chi connectivity index (χ1n) is 9.39. The number of unbranched alkanes of at least 4 members (excludes halogenated alkanes) is 1. The van der Waals surface area contributed by atoms with E-state index in [0.29, 0.717) is 35.9 Å². The molecule has 0 aliphatic heterocycles. The molecule has 1 heterocycles. The Morgan fingerprint density at radius 1 is 1.14 bits per heavy atom. The Balaban J connectivity index is 1.66. The highest BCUT2D eigenvalue weighted by atomic mass is 16.5. The number of hydrogen-bond acceptors (Lipinski definition) is 4. The van der Waals surface area contributed by atoms with Crippen molar-refractivity contribution in [1.82, 2.24) is 15.5 Å². The van der Waals surface area contributed by atoms with Crippen molar-refractivity contribution in [2.45, 2.75) is 26.3 Å². The lowest BCUT2D eigenvalue weighted by atomic mass is 10.1. The van der Waals surface area contributed by atoms with Crippen molar-refractivity contribution in [1.29, 1.82) is 0 Å². The number of carbonyl (C=O) groups is 1. The molecule has 1 amide bonds. The van der Waals surface area contributed by atoms with Crippen LogP contribution in [0.1, 0.15) is 35.7 Å². The number of aromatic amines is 1. The first kappa shape index (κ1) is 19.5. The molecule has 0 bridgehead atoms. The predicted molar refractivity (Wildman–Crippen MR) is 109 cm³/mol. The van der Waals surface area contributed by atoms with E-state index in [1.807, 2.05) is 48.5 Å². The minimum absolute atomic E-state index is 0.185. The highest BCUT2D eigenvalue weighted by Crippen LogP contribution is 2.28. The maximum absolute atomic E-state index is 12.6. The molecule has 6 nitrogen and oxygen atoms in total. The van der Waals surface area contributed by atoms with Crippen LogP contribution in [-0.2, 0) is 6.54 Å². The maximum Gasteiger partial charge on any atom is 0.255 e. The fraction of sp³-hybridized carbons (Fsp3) is 0.273. The first-order valence-corrected chi connectivity index (χ1v) is 9.39. The smallest absolute Gasteiger partial charge is 0.255 e. The van der Waals surface area contributed by atoms with E-state index >= 15 is 0 Å². The summed E-state index contributed by atoms with van der Waals surface area (Å²) < 4.78 is 11.2. The standard InChI is InChI=1S/C22H25N3O3/c1-3-4-12-28-19-11-10-16(13-20(19)27-2)14-23-22(26)18-15-24-25-21(18)17-8-6-5-7-9-17/h5-11,13,15H,3-4,12,14H2,1-2H3,(H,23,26)(H,24,25). The molecule has 0 fully saturated rings. The summed E-state index contributed by atoms with van der Waals surface area (Å²) in [5, 5.41) is 9.87. The van der Waals surface area contributed by atoms with E-state index in [2.05, 4.69) is 22.4 Å². The van der Waals surface area contributed by atoms with Gasteiger partial charge in [-0.15, -0.1) is 0 Å². The minimum atomic E-state index is -0.185. The number of rotatable bonds is 9. The van der Waals surface area contributed by atoms with Gasteiger partial charge in [0.1, 0.15) is 0 Å². The number of methoxy groups -OCH3 is 1. The number of ether oxygens (including phenoxy) is 2. The number of nitrogens with zero attached hydrogens (tertiary/aromatic N) is 1. The van der Waals surface area contributed by atoms with Crippen LogP contribution in [0.3, 0.4) is 0 Å². The van der Waals surface area contributed by atoms with Gasteiger partial charge >= 0.3 is 0 Å². The van der Waals surface area contributed by atoms with Crippen LogP contribution in [0.4, 0.5) is 0 Å². The van der Waals surface area contributed by atoms with Crippen molar-refractivity contribution in [3.63, 3.8) is 0 Å². The number of amides is 1. The van der Waals surface area contributed by atoms with Gasteiger partial charge in [0.05, 0.1) is 31.2 Å². The largest absolute Gasteiger partial charge is 0.493 e. The minimum Gasteiger partial charge on any atom is -0.493 e. The van der Waals surface area contributed by atoms with E-state index in [-0.39, 0.29) is 5.91 Å². The number of benzene rings is 2. The lowest BCUT2D eigenvalue weighted by Gasteiger charge is -2.12. The molecule has 3 aromatic rings. The summed E-state index contributed by atoms with van der Waals surface area (Å²) in [6, 6.07) is 15.3. The SMILES string of the molecule is CCCCOc1ccc(CNC(=O)c2cn[nH]c2-c2ccccc2)cc1OC. The third-order valence-corrected chi connectivity index (χ3v) is 4.38. The molecule has 3 rings (SSSR count). The highest BCUT2D eigenvalue weighted by molar-refractivity contribution is 5.99. The molecule has 28 heavy (non-hydrogen) atoms. The zero-order valence-corrected chi connectivity index (χ0v) is 16.2. The van der Waals surface area contributed by atoms with Gasteiger partial charge in [0.2, 0.25) is 0 Å². The summed E-state index contributed by atoms with van der Waals surface area (Å²) in [7, 11) is 1.61. The van der Waals surface area contributed by atoms with Crippen molar-refractivity contribution in [3.8, 4) is 22.8 Å². The quantitative estimate of drug-likeness (QED) is 0.547. The molecule has 146 valence electrons. The van der Waals surface area contributed by atoms with Gasteiger partial charge in [-0.3, -0.25) is 9.89 Å². The molecule has 2 aromatic carbocycles. The van der Waals surface area contributed by atoms with Crippen molar-refractivity contribution in [3.05, 3.63) is 65.9 Å². The molecule has 0 saturated heterocycles. The van der Waals surface area contributed by atoms with Gasteiger partial charge in [0.15, 0.2) is 11.5 Å². The predicted octanol–water partition coefficient (Wildman–Crippen LogP) is 4.19. The molecule has 0 aliphatic rings. The van der Waals surface area contributed by atoms with Gasteiger partial charge in [-0.25, -0.2) is 0 Å². The number of nitrogens with one attached hydrogen (secondary N) is 2. The zero-order chi connectivity index (χ0) is 19.8. The fourth-order valence-corrected chi connectivity index (χ4v) is 2.83. The number of carbonyl (C=O) groups excluding carboxylic acids is 1. The average Bonchev–Trinajstić information content (AvgIpc) is 3.23. The summed E-state index contributed by atoms with van der Waals surface area (Å²) in [6.45, 7) is 3.16. The van der Waals surface area contributed by atoms with E-state index < -0.39 is 0 Å². The van der Waals surface area contributed by atoms with Crippen molar-refractivity contribution < 1.29 is 14.3 Å². The summed E-state index contributed by atoms with van der Waals surface area (Å²) in [4.78, 5) is 12.6. The van der Waals surface area contributed by atoms with Gasteiger partial charge in [0, 0.05) is 12.1 Å². The van der Waals surface area contributed by atoms with E-state index in [4.69, 9.17) is 9.47 Å². The average molecular weight is 379 g/mol. The molecule has 6 heteroatoms. The Labute approximate surface area is 164 Å². The summed E-state index contributed by atoms with van der Waals surface area (Å²) >= 11 is 0. The van der Waals surface area contributed by atoms with E-state index in [1.165, 1.54) is 0 Å². The van der Waals surface area contributed by atoms with Gasteiger partial charge in [0.25, 0.3) is 5.91 Å². The van der Waals surface area contributed by atoms with Crippen molar-refractivity contribution in [2.75, 3.05) is 13.7 Å². The second kappa shape index (κ2) is 9.60. The molecular weight excluding hydrogens is 354 g/mol. The summed E-state index contributed by atoms with van der Waals surface area (Å²) in [5.74, 6) is 1.19. The van der Waals surface area contributed by atoms with Crippen LogP contribution in [0.2, 0.25) is 0 Å². The second-order valence-electron chi connectivity index (χ2n) is 6.39. The fourth-order valence-electron chi connectivity index (χ4n) is 2.83. The lowest BCUT2D eigenvalue weighted by Crippen LogP contribution is -2.23. The molecule has 2 N–H and O–H groups in total. The lowest BCUT2D eigenvalue weighted by molar-refractivity contribution is 0.0951. The van der Waals surface area contributed by atoms with E-state index in [9.17, 15) is 4.79 Å². The van der Waals surface area contributed by atoms with Crippen LogP contribution in [0.15, 0.2) is 54.7 Å². The Kier molecular flexibility index (Phi) is 6.68. The number of aromatic nitrogens is 2. The van der Waals surface area contributed by atoms with Crippen LogP contribution in [-0.4, -0.2) is 29.8 Å². The summed E-state index contributed by atoms with van der Waals surface area (Å²) in [6.07, 6.45) is 3.61. The van der Waals surface area contributed by atoms with Crippen LogP contribution >= 0.6 is 0 Å². The highest BCUT2D eigenvalue weighted by Gasteiger charge is 2.15. The summed E-state index contributed by atoms with van der Waals surface area (Å²) in [5.41, 5.74) is 3.06. The van der Waals surface area contributed by atoms with Gasteiger partial charge in [-0.05, 0) is 24.1 Å². The molecule has 1 aromatic heterocycles. The second-order valence-corrected chi connectivity index (χ2v) is 6.39. The maximum atomic E-state index is 12.6. The van der Waals surface area contributed by atoms with Crippen LogP contribution < -0.4 is 14.8 Å². The molecule has 0 radical (unpaired) electrons. The third kappa shape index (κ3) is 4.71. The van der Waals surface area contributed by atoms with E-state index in [0.717, 1.165) is 24.0 Å². The monoisotopic (exact) mass is 379 g/mol. The van der Waals surface area contributed by atoms with Crippen molar-refractivity contribution in [2.24, 2.45) is 0 Å². The molecular formula is C22H25N3O3. The van der Waals surface area contributed by atoms with E-state index in [1.54, 1.807) is 13.3 Å². The van der Waals surface area contributed by atoms with Gasteiger partial charge in [-0.1, -0.05) is 49.7 Å². The zero-order valence-electron chi connectivity index (χ0n) is 16.2. The van der Waals surface area contributed by atoms with Crippen molar-refractivity contribution >= 4 is 5.91 Å². The topological polar surface area (TPSA) is 76.2 Å². The molecule has 0 saturated carbocycles. The molecule has 0 spiro atoms. The van der Waals surface area contributed by atoms with Crippen LogP contribution in [0, 0.1) is 0 Å². The van der Waals surface area contributed by atoms with Gasteiger partial charge < -0.3 is 14.8 Å².